The highest BCUT2D eigenvalue weighted by atomic mass is 16.4. The lowest BCUT2D eigenvalue weighted by atomic mass is 10.1. The maximum absolute atomic E-state index is 11.5. The lowest BCUT2D eigenvalue weighted by Gasteiger charge is -2.08. The smallest absolute Gasteiger partial charge is 0.251 e. The minimum Gasteiger partial charge on any atom is -0.545 e. The van der Waals surface area contributed by atoms with Crippen LogP contribution in [-0.4, -0.2) is 17.9 Å². The lowest BCUT2D eigenvalue weighted by molar-refractivity contribution is -0.255. The van der Waals surface area contributed by atoms with Crippen molar-refractivity contribution in [2.24, 2.45) is 0 Å². The van der Waals surface area contributed by atoms with Crippen LogP contribution in [0.4, 0.5) is 0 Å². The van der Waals surface area contributed by atoms with Gasteiger partial charge in [0.1, 0.15) is 0 Å². The van der Waals surface area contributed by atoms with Crippen LogP contribution < -0.4 is 10.4 Å². The van der Waals surface area contributed by atoms with Crippen LogP contribution in [0.2, 0.25) is 0 Å². The predicted octanol–water partition coefficient (Wildman–Crippen LogP) is 0.188. The maximum Gasteiger partial charge on any atom is 0.251 e. The van der Waals surface area contributed by atoms with Gasteiger partial charge in [-0.3, -0.25) is 4.79 Å². The summed E-state index contributed by atoms with van der Waals surface area (Å²) in [5.41, 5.74) is 0.504. The van der Waals surface area contributed by atoms with Gasteiger partial charge in [-0.2, -0.15) is 0 Å². The van der Waals surface area contributed by atoms with E-state index in [1.54, 1.807) is 0 Å². The number of rotatable bonds is 3. The first-order valence-electron chi connectivity index (χ1n) is 4.63. The van der Waals surface area contributed by atoms with E-state index in [1.807, 2.05) is 13.8 Å². The van der Waals surface area contributed by atoms with Crippen LogP contribution in [0, 0.1) is 0 Å². The van der Waals surface area contributed by atoms with Gasteiger partial charge in [0, 0.05) is 11.6 Å². The Bertz CT molecular complexity index is 368. The standard InChI is InChI=1S/C11H13NO3/c1-7(2)12-10(13)8-3-5-9(6-4-8)11(14)15/h3-7H,1-2H3,(H,12,13)(H,14,15)/p-1. The summed E-state index contributed by atoms with van der Waals surface area (Å²) in [6.45, 7) is 3.71. The van der Waals surface area contributed by atoms with Crippen LogP contribution >= 0.6 is 0 Å². The molecule has 0 aliphatic heterocycles. The molecule has 0 fully saturated rings. The average molecular weight is 206 g/mol. The van der Waals surface area contributed by atoms with Gasteiger partial charge in [0.05, 0.1) is 5.97 Å². The van der Waals surface area contributed by atoms with Gasteiger partial charge in [-0.05, 0) is 31.5 Å². The summed E-state index contributed by atoms with van der Waals surface area (Å²) in [5.74, 6) is -1.46. The molecule has 80 valence electrons. The van der Waals surface area contributed by atoms with E-state index in [4.69, 9.17) is 0 Å². The zero-order chi connectivity index (χ0) is 11.4. The first-order valence-corrected chi connectivity index (χ1v) is 4.63. The van der Waals surface area contributed by atoms with Crippen molar-refractivity contribution in [1.82, 2.24) is 5.32 Å². The fourth-order valence-electron chi connectivity index (χ4n) is 1.10. The zero-order valence-corrected chi connectivity index (χ0v) is 8.61. The number of carbonyl (C=O) groups excluding carboxylic acids is 2. The van der Waals surface area contributed by atoms with Crippen molar-refractivity contribution in [3.63, 3.8) is 0 Å². The van der Waals surface area contributed by atoms with Gasteiger partial charge in [-0.25, -0.2) is 0 Å². The number of carbonyl (C=O) groups is 2. The molecule has 0 atom stereocenters. The molecule has 0 unspecified atom stereocenters. The molecular weight excluding hydrogens is 194 g/mol. The Morgan fingerprint density at radius 1 is 1.13 bits per heavy atom. The molecule has 0 aliphatic carbocycles. The minimum absolute atomic E-state index is 0.0540. The Morgan fingerprint density at radius 3 is 2.00 bits per heavy atom. The quantitative estimate of drug-likeness (QED) is 0.767. The third-order valence-electron chi connectivity index (χ3n) is 1.80. The molecular formula is C11H12NO3-. The highest BCUT2D eigenvalue weighted by Gasteiger charge is 2.06. The largest absolute Gasteiger partial charge is 0.545 e. The molecule has 4 nitrogen and oxygen atoms in total. The van der Waals surface area contributed by atoms with Crippen LogP contribution in [0.1, 0.15) is 34.6 Å². The number of nitrogens with one attached hydrogen (secondary N) is 1. The second kappa shape index (κ2) is 4.59. The Morgan fingerprint density at radius 2 is 1.60 bits per heavy atom. The van der Waals surface area contributed by atoms with E-state index in [0.717, 1.165) is 0 Å². The van der Waals surface area contributed by atoms with Gasteiger partial charge in [0.2, 0.25) is 0 Å². The van der Waals surface area contributed by atoms with Crippen molar-refractivity contribution in [3.05, 3.63) is 35.4 Å². The molecule has 0 saturated heterocycles. The van der Waals surface area contributed by atoms with E-state index in [2.05, 4.69) is 5.32 Å². The molecule has 1 aromatic rings. The molecule has 0 heterocycles. The van der Waals surface area contributed by atoms with Crippen LogP contribution in [-0.2, 0) is 0 Å². The molecule has 0 aliphatic rings. The van der Waals surface area contributed by atoms with E-state index in [0.29, 0.717) is 5.56 Å². The molecule has 4 heteroatoms. The van der Waals surface area contributed by atoms with Crippen LogP contribution in [0.25, 0.3) is 0 Å². The summed E-state index contributed by atoms with van der Waals surface area (Å²) >= 11 is 0. The Hall–Kier alpha value is -1.84. The van der Waals surface area contributed by atoms with Crippen LogP contribution in [0.3, 0.4) is 0 Å². The van der Waals surface area contributed by atoms with Gasteiger partial charge in [-0.1, -0.05) is 12.1 Å². The second-order valence-electron chi connectivity index (χ2n) is 3.49. The fraction of sp³-hybridized carbons (Fsp3) is 0.273. The van der Waals surface area contributed by atoms with Gasteiger partial charge >= 0.3 is 0 Å². The van der Waals surface area contributed by atoms with E-state index in [-0.39, 0.29) is 17.5 Å². The number of carboxylic acids is 1. The Labute approximate surface area is 87.9 Å². The number of benzene rings is 1. The first kappa shape index (κ1) is 11.2. The first-order chi connectivity index (χ1) is 7.00. The molecule has 0 spiro atoms. The van der Waals surface area contributed by atoms with E-state index in [1.165, 1.54) is 24.3 Å². The van der Waals surface area contributed by atoms with Gasteiger partial charge < -0.3 is 15.2 Å². The summed E-state index contributed by atoms with van der Waals surface area (Å²) in [7, 11) is 0. The number of carboxylic acid groups (broad SMARTS) is 1. The van der Waals surface area contributed by atoms with E-state index < -0.39 is 5.97 Å². The summed E-state index contributed by atoms with van der Waals surface area (Å²) < 4.78 is 0. The number of aromatic carboxylic acids is 1. The Kier molecular flexibility index (Phi) is 3.44. The molecule has 0 saturated carbocycles. The molecule has 1 N–H and O–H groups in total. The SMILES string of the molecule is CC(C)NC(=O)c1ccc(C(=O)[O-])cc1. The summed E-state index contributed by atoms with van der Waals surface area (Å²) in [6.07, 6.45) is 0. The van der Waals surface area contributed by atoms with Gasteiger partial charge in [0.25, 0.3) is 5.91 Å². The van der Waals surface area contributed by atoms with Crippen LogP contribution in [0.5, 0.6) is 0 Å². The topological polar surface area (TPSA) is 69.2 Å². The predicted molar refractivity (Wildman–Crippen MR) is 53.4 cm³/mol. The third kappa shape index (κ3) is 3.09. The number of amides is 1. The summed E-state index contributed by atoms with van der Waals surface area (Å²) in [4.78, 5) is 21.9. The molecule has 15 heavy (non-hydrogen) atoms. The second-order valence-corrected chi connectivity index (χ2v) is 3.49. The molecule has 0 aromatic heterocycles. The fourth-order valence-corrected chi connectivity index (χ4v) is 1.10. The summed E-state index contributed by atoms with van der Waals surface area (Å²) in [6, 6.07) is 5.68. The highest BCUT2D eigenvalue weighted by molar-refractivity contribution is 5.95. The van der Waals surface area contributed by atoms with Crippen molar-refractivity contribution in [3.8, 4) is 0 Å². The molecule has 1 rings (SSSR count). The minimum atomic E-state index is -1.24. The van der Waals surface area contributed by atoms with Crippen molar-refractivity contribution in [2.45, 2.75) is 19.9 Å². The summed E-state index contributed by atoms with van der Waals surface area (Å²) in [5, 5.41) is 13.2. The Balaban J connectivity index is 2.80. The van der Waals surface area contributed by atoms with Crippen molar-refractivity contribution in [1.29, 1.82) is 0 Å². The zero-order valence-electron chi connectivity index (χ0n) is 8.61. The van der Waals surface area contributed by atoms with Crippen molar-refractivity contribution in [2.75, 3.05) is 0 Å². The molecule has 1 amide bonds. The number of hydrogen-bond donors (Lipinski definition) is 1. The maximum atomic E-state index is 11.5. The number of hydrogen-bond acceptors (Lipinski definition) is 3. The normalized spacial score (nSPS) is 10.1. The molecule has 0 bridgehead atoms. The lowest BCUT2D eigenvalue weighted by Crippen LogP contribution is -2.30. The average Bonchev–Trinajstić information content (AvgIpc) is 2.17. The van der Waals surface area contributed by atoms with Crippen molar-refractivity contribution >= 4 is 11.9 Å². The van der Waals surface area contributed by atoms with Crippen LogP contribution in [0.15, 0.2) is 24.3 Å². The third-order valence-corrected chi connectivity index (χ3v) is 1.80. The van der Waals surface area contributed by atoms with E-state index in [9.17, 15) is 14.7 Å². The molecule has 1 aromatic carbocycles. The monoisotopic (exact) mass is 206 g/mol. The van der Waals surface area contributed by atoms with Gasteiger partial charge in [0.15, 0.2) is 0 Å². The highest BCUT2D eigenvalue weighted by Crippen LogP contribution is 2.03. The molecule has 0 radical (unpaired) electrons. The van der Waals surface area contributed by atoms with Crippen molar-refractivity contribution < 1.29 is 14.7 Å². The van der Waals surface area contributed by atoms with Gasteiger partial charge in [-0.15, -0.1) is 0 Å². The van der Waals surface area contributed by atoms with E-state index >= 15 is 0 Å².